The molecule has 0 fully saturated rings. The molecule has 0 aliphatic heterocycles. The van der Waals surface area contributed by atoms with Gasteiger partial charge in [0.25, 0.3) is 0 Å². The first kappa shape index (κ1) is 31.5. The van der Waals surface area contributed by atoms with E-state index in [0.717, 1.165) is 33.4 Å². The van der Waals surface area contributed by atoms with Crippen LogP contribution >= 0.6 is 0 Å². The molecule has 3 heteroatoms. The molecule has 1 aromatic heterocycles. The molecule has 0 radical (unpaired) electrons. The summed E-state index contributed by atoms with van der Waals surface area (Å²) in [4.78, 5) is 15.2. The summed E-state index contributed by atoms with van der Waals surface area (Å²) < 4.78 is 0. The zero-order valence-corrected chi connectivity index (χ0v) is 29.4. The molecule has 0 aliphatic rings. The van der Waals surface area contributed by atoms with E-state index in [9.17, 15) is 0 Å². The van der Waals surface area contributed by atoms with Gasteiger partial charge in [0.1, 0.15) is 0 Å². The first-order chi connectivity index (χ1) is 26.8. The number of benzene rings is 9. The fraction of sp³-hybridized carbons (Fsp3) is 0. The van der Waals surface area contributed by atoms with Gasteiger partial charge in [-0.1, -0.05) is 194 Å². The molecule has 252 valence electrons. The van der Waals surface area contributed by atoms with Crippen molar-refractivity contribution in [1.82, 2.24) is 15.0 Å². The SMILES string of the molecule is c1ccc(-c2nc(-c3ccc(-c4c(-c5ccc6ccc7ccccc7c6c5)ccc5ccccc45)cc3)nc(-c3ccccc3-c3ccccc3)n2)cc1. The predicted octanol–water partition coefficient (Wildman–Crippen LogP) is 13.3. The van der Waals surface area contributed by atoms with Crippen LogP contribution in [0.2, 0.25) is 0 Å². The highest BCUT2D eigenvalue weighted by molar-refractivity contribution is 6.10. The van der Waals surface area contributed by atoms with Gasteiger partial charge in [0.15, 0.2) is 17.5 Å². The van der Waals surface area contributed by atoms with Gasteiger partial charge in [0, 0.05) is 16.7 Å². The second-order valence-corrected chi connectivity index (χ2v) is 13.6. The summed E-state index contributed by atoms with van der Waals surface area (Å²) in [7, 11) is 0. The minimum Gasteiger partial charge on any atom is -0.208 e. The largest absolute Gasteiger partial charge is 0.208 e. The third-order valence-electron chi connectivity index (χ3n) is 10.3. The van der Waals surface area contributed by atoms with Crippen LogP contribution in [0.4, 0.5) is 0 Å². The molecule has 0 aliphatic carbocycles. The molecular weight excluding hydrogens is 655 g/mol. The van der Waals surface area contributed by atoms with Crippen molar-refractivity contribution in [2.24, 2.45) is 0 Å². The molecule has 0 spiro atoms. The van der Waals surface area contributed by atoms with Gasteiger partial charge in [-0.25, -0.2) is 15.0 Å². The van der Waals surface area contributed by atoms with Crippen LogP contribution in [-0.2, 0) is 0 Å². The highest BCUT2D eigenvalue weighted by Crippen LogP contribution is 2.41. The summed E-state index contributed by atoms with van der Waals surface area (Å²) in [6.07, 6.45) is 0. The van der Waals surface area contributed by atoms with E-state index >= 15 is 0 Å². The Bertz CT molecular complexity index is 2970. The van der Waals surface area contributed by atoms with E-state index in [4.69, 9.17) is 15.0 Å². The second-order valence-electron chi connectivity index (χ2n) is 13.6. The van der Waals surface area contributed by atoms with Crippen LogP contribution in [0.15, 0.2) is 200 Å². The maximum atomic E-state index is 5.13. The van der Waals surface area contributed by atoms with E-state index in [1.54, 1.807) is 0 Å². The molecule has 3 nitrogen and oxygen atoms in total. The second kappa shape index (κ2) is 13.4. The normalized spacial score (nSPS) is 11.3. The lowest BCUT2D eigenvalue weighted by Gasteiger charge is -2.16. The molecule has 0 atom stereocenters. The Labute approximate surface area is 313 Å². The lowest BCUT2D eigenvalue weighted by atomic mass is 9.88. The molecule has 0 N–H and O–H groups in total. The van der Waals surface area contributed by atoms with Crippen molar-refractivity contribution in [3.63, 3.8) is 0 Å². The topological polar surface area (TPSA) is 38.7 Å². The molecule has 0 amide bonds. The summed E-state index contributed by atoms with van der Waals surface area (Å²) >= 11 is 0. The molecular formula is C51H33N3. The van der Waals surface area contributed by atoms with Crippen LogP contribution in [0.3, 0.4) is 0 Å². The van der Waals surface area contributed by atoms with Gasteiger partial charge in [0.2, 0.25) is 0 Å². The smallest absolute Gasteiger partial charge is 0.164 e. The monoisotopic (exact) mass is 687 g/mol. The Morgan fingerprint density at radius 1 is 0.241 bits per heavy atom. The van der Waals surface area contributed by atoms with Crippen molar-refractivity contribution in [1.29, 1.82) is 0 Å². The lowest BCUT2D eigenvalue weighted by Crippen LogP contribution is -2.01. The predicted molar refractivity (Wildman–Crippen MR) is 225 cm³/mol. The highest BCUT2D eigenvalue weighted by Gasteiger charge is 2.17. The van der Waals surface area contributed by atoms with Gasteiger partial charge < -0.3 is 0 Å². The fourth-order valence-electron chi connectivity index (χ4n) is 7.67. The van der Waals surface area contributed by atoms with E-state index in [0.29, 0.717) is 17.5 Å². The van der Waals surface area contributed by atoms with Crippen molar-refractivity contribution in [3.05, 3.63) is 200 Å². The van der Waals surface area contributed by atoms with Gasteiger partial charge in [-0.05, 0) is 71.8 Å². The molecule has 9 aromatic carbocycles. The third kappa shape index (κ3) is 5.69. The molecule has 1 heterocycles. The minimum atomic E-state index is 0.632. The number of nitrogens with zero attached hydrogens (tertiary/aromatic N) is 3. The minimum absolute atomic E-state index is 0.632. The summed E-state index contributed by atoms with van der Waals surface area (Å²) in [6, 6.07) is 70.7. The average molecular weight is 688 g/mol. The Morgan fingerprint density at radius 3 is 1.43 bits per heavy atom. The average Bonchev–Trinajstić information content (AvgIpc) is 3.26. The Hall–Kier alpha value is -7.23. The summed E-state index contributed by atoms with van der Waals surface area (Å²) in [5.41, 5.74) is 9.76. The molecule has 54 heavy (non-hydrogen) atoms. The summed E-state index contributed by atoms with van der Waals surface area (Å²) in [5, 5.41) is 7.43. The maximum absolute atomic E-state index is 5.13. The van der Waals surface area contributed by atoms with E-state index in [1.165, 1.54) is 49.0 Å². The van der Waals surface area contributed by atoms with Crippen molar-refractivity contribution in [3.8, 4) is 67.5 Å². The number of rotatable bonds is 6. The van der Waals surface area contributed by atoms with Crippen LogP contribution in [0.25, 0.3) is 99.9 Å². The standard InChI is InChI=1S/C51H33N3/c1-3-13-34(14-4-1)42-19-11-12-22-46(42)51-53-49(39-17-5-2-6-18-39)52-50(54-51)40-28-26-38(27-29-40)48-44-21-10-8-16-36(44)31-32-45(48)41-30-25-37-24-23-35-15-7-9-20-43(35)47(37)33-41/h1-33H. The van der Waals surface area contributed by atoms with Crippen LogP contribution in [0.5, 0.6) is 0 Å². The van der Waals surface area contributed by atoms with Crippen LogP contribution in [0, 0.1) is 0 Å². The van der Waals surface area contributed by atoms with Crippen LogP contribution < -0.4 is 0 Å². The highest BCUT2D eigenvalue weighted by atomic mass is 15.0. The molecule has 10 aromatic rings. The Morgan fingerprint density at radius 2 is 0.704 bits per heavy atom. The number of aromatic nitrogens is 3. The molecule has 0 saturated heterocycles. The van der Waals surface area contributed by atoms with Gasteiger partial charge >= 0.3 is 0 Å². The van der Waals surface area contributed by atoms with Gasteiger partial charge in [0.05, 0.1) is 0 Å². The van der Waals surface area contributed by atoms with E-state index in [-0.39, 0.29) is 0 Å². The van der Waals surface area contributed by atoms with E-state index < -0.39 is 0 Å². The first-order valence-electron chi connectivity index (χ1n) is 18.3. The van der Waals surface area contributed by atoms with Crippen LogP contribution in [-0.4, -0.2) is 15.0 Å². The Kier molecular flexibility index (Phi) is 7.81. The van der Waals surface area contributed by atoms with Gasteiger partial charge in [-0.15, -0.1) is 0 Å². The third-order valence-corrected chi connectivity index (χ3v) is 10.3. The lowest BCUT2D eigenvalue weighted by molar-refractivity contribution is 1.07. The molecule has 10 rings (SSSR count). The maximum Gasteiger partial charge on any atom is 0.164 e. The Balaban J connectivity index is 1.12. The van der Waals surface area contributed by atoms with Gasteiger partial charge in [-0.2, -0.15) is 0 Å². The summed E-state index contributed by atoms with van der Waals surface area (Å²) in [5.74, 6) is 1.91. The van der Waals surface area contributed by atoms with Crippen molar-refractivity contribution in [2.75, 3.05) is 0 Å². The number of hydrogen-bond acceptors (Lipinski definition) is 3. The van der Waals surface area contributed by atoms with Gasteiger partial charge in [-0.3, -0.25) is 0 Å². The number of fused-ring (bicyclic) bond motifs is 4. The van der Waals surface area contributed by atoms with Crippen molar-refractivity contribution < 1.29 is 0 Å². The number of hydrogen-bond donors (Lipinski definition) is 0. The quantitative estimate of drug-likeness (QED) is 0.163. The molecule has 0 saturated carbocycles. The zero-order valence-electron chi connectivity index (χ0n) is 29.4. The summed E-state index contributed by atoms with van der Waals surface area (Å²) in [6.45, 7) is 0. The first-order valence-corrected chi connectivity index (χ1v) is 18.3. The fourth-order valence-corrected chi connectivity index (χ4v) is 7.67. The van der Waals surface area contributed by atoms with Crippen molar-refractivity contribution >= 4 is 32.3 Å². The van der Waals surface area contributed by atoms with E-state index in [2.05, 4.69) is 158 Å². The molecule has 0 bridgehead atoms. The molecule has 0 unspecified atom stereocenters. The van der Waals surface area contributed by atoms with Crippen molar-refractivity contribution in [2.45, 2.75) is 0 Å². The van der Waals surface area contributed by atoms with Crippen LogP contribution in [0.1, 0.15) is 0 Å². The zero-order chi connectivity index (χ0) is 35.8. The van der Waals surface area contributed by atoms with E-state index in [1.807, 2.05) is 42.5 Å².